The smallest absolute Gasteiger partial charge is 0.255 e. The molecule has 2 aromatic rings. The Labute approximate surface area is 174 Å². The second-order valence-corrected chi connectivity index (χ2v) is 8.15. The summed E-state index contributed by atoms with van der Waals surface area (Å²) in [5.41, 5.74) is 7.12. The molecule has 1 aliphatic carbocycles. The summed E-state index contributed by atoms with van der Waals surface area (Å²) in [5.74, 6) is -1.97. The zero-order valence-electron chi connectivity index (χ0n) is 15.0. The van der Waals surface area contributed by atoms with Crippen LogP contribution in [-0.2, 0) is 11.2 Å². The van der Waals surface area contributed by atoms with Crippen molar-refractivity contribution in [1.29, 1.82) is 0 Å². The average Bonchev–Trinajstić information content (AvgIpc) is 3.32. The van der Waals surface area contributed by atoms with E-state index in [4.69, 9.17) is 17.3 Å². The van der Waals surface area contributed by atoms with E-state index >= 15 is 0 Å². The second-order valence-electron chi connectivity index (χ2n) is 6.75. The van der Waals surface area contributed by atoms with Gasteiger partial charge in [-0.05, 0) is 54.1 Å². The van der Waals surface area contributed by atoms with Gasteiger partial charge in [0.2, 0.25) is 0 Å². The van der Waals surface area contributed by atoms with Crippen molar-refractivity contribution in [1.82, 2.24) is 4.90 Å². The topological polar surface area (TPSA) is 75.4 Å². The van der Waals surface area contributed by atoms with Gasteiger partial charge in [0.05, 0.1) is 11.1 Å². The first-order valence-corrected chi connectivity index (χ1v) is 10.2. The Bertz CT molecular complexity index is 1050. The molecule has 0 bridgehead atoms. The minimum Gasteiger partial charge on any atom is -0.367 e. The van der Waals surface area contributed by atoms with Gasteiger partial charge in [-0.1, -0.05) is 23.4 Å². The molecule has 4 rings (SSSR count). The highest BCUT2D eigenvalue weighted by atomic mass is 35.5. The Hall–Kier alpha value is -2.58. The predicted molar refractivity (Wildman–Crippen MR) is 108 cm³/mol. The molecule has 0 aromatic heterocycles. The molecule has 1 heterocycles. The summed E-state index contributed by atoms with van der Waals surface area (Å²) in [4.78, 5) is 26.3. The highest BCUT2D eigenvalue weighted by Crippen LogP contribution is 2.43. The summed E-state index contributed by atoms with van der Waals surface area (Å²) in [6.07, 6.45) is 2.76. The van der Waals surface area contributed by atoms with Crippen LogP contribution >= 0.6 is 23.4 Å². The number of benzene rings is 2. The fraction of sp³-hybridized carbons (Fsp3) is 0.200. The van der Waals surface area contributed by atoms with Crippen LogP contribution < -0.4 is 11.1 Å². The van der Waals surface area contributed by atoms with E-state index in [1.54, 1.807) is 16.5 Å². The van der Waals surface area contributed by atoms with Gasteiger partial charge in [0.25, 0.3) is 11.8 Å². The molecular formula is C20H16ClF2N3O2S. The van der Waals surface area contributed by atoms with E-state index < -0.39 is 28.8 Å². The fourth-order valence-corrected chi connectivity index (χ4v) is 4.82. The second kappa shape index (κ2) is 7.68. The number of fused-ring (bicyclic) bond motifs is 1. The predicted octanol–water partition coefficient (Wildman–Crippen LogP) is 4.19. The number of primary amides is 1. The highest BCUT2D eigenvalue weighted by molar-refractivity contribution is 8.03. The first kappa shape index (κ1) is 19.7. The quantitative estimate of drug-likeness (QED) is 0.755. The van der Waals surface area contributed by atoms with E-state index in [-0.39, 0.29) is 11.1 Å². The number of anilines is 1. The van der Waals surface area contributed by atoms with Crippen LogP contribution in [0.25, 0.3) is 0 Å². The van der Waals surface area contributed by atoms with Crippen molar-refractivity contribution in [3.05, 3.63) is 75.3 Å². The summed E-state index contributed by atoms with van der Waals surface area (Å²) in [7, 11) is 0. The van der Waals surface area contributed by atoms with Gasteiger partial charge in [-0.25, -0.2) is 8.78 Å². The summed E-state index contributed by atoms with van der Waals surface area (Å²) >= 11 is 7.03. The maximum atomic E-state index is 14.7. The minimum atomic E-state index is -0.607. The van der Waals surface area contributed by atoms with Crippen LogP contribution in [0.3, 0.4) is 0 Å². The lowest BCUT2D eigenvalue weighted by atomic mass is 10.00. The van der Waals surface area contributed by atoms with Crippen LogP contribution in [0, 0.1) is 11.6 Å². The normalized spacial score (nSPS) is 20.0. The van der Waals surface area contributed by atoms with Gasteiger partial charge in [-0.3, -0.25) is 9.59 Å². The number of halogens is 3. The van der Waals surface area contributed by atoms with Gasteiger partial charge >= 0.3 is 0 Å². The third-order valence-electron chi connectivity index (χ3n) is 5.04. The summed E-state index contributed by atoms with van der Waals surface area (Å²) in [6, 6.07) is 6.15. The largest absolute Gasteiger partial charge is 0.367 e. The van der Waals surface area contributed by atoms with Gasteiger partial charge < -0.3 is 16.0 Å². The van der Waals surface area contributed by atoms with Crippen molar-refractivity contribution in [3.8, 4) is 0 Å². The third-order valence-corrected chi connectivity index (χ3v) is 6.34. The molecule has 150 valence electrons. The molecule has 9 heteroatoms. The summed E-state index contributed by atoms with van der Waals surface area (Å²) in [6.45, 7) is 0. The molecule has 1 unspecified atom stereocenters. The van der Waals surface area contributed by atoms with Gasteiger partial charge in [-0.15, -0.1) is 0 Å². The molecule has 5 nitrogen and oxygen atoms in total. The van der Waals surface area contributed by atoms with Crippen molar-refractivity contribution in [3.63, 3.8) is 0 Å². The molecule has 0 fully saturated rings. The van der Waals surface area contributed by atoms with E-state index in [0.717, 1.165) is 6.07 Å². The van der Waals surface area contributed by atoms with E-state index in [0.29, 0.717) is 35.2 Å². The van der Waals surface area contributed by atoms with E-state index in [2.05, 4.69) is 5.32 Å². The molecule has 0 saturated carbocycles. The Morgan fingerprint density at radius 2 is 1.97 bits per heavy atom. The molecule has 29 heavy (non-hydrogen) atoms. The zero-order valence-corrected chi connectivity index (χ0v) is 16.6. The molecule has 1 aliphatic heterocycles. The third kappa shape index (κ3) is 3.58. The Morgan fingerprint density at radius 1 is 1.21 bits per heavy atom. The first-order valence-electron chi connectivity index (χ1n) is 8.83. The number of nitrogens with zero attached hydrogens (tertiary/aromatic N) is 1. The molecule has 2 aliphatic rings. The number of thioether (sulfide) groups is 1. The van der Waals surface area contributed by atoms with Crippen LogP contribution in [0.4, 0.5) is 14.5 Å². The lowest BCUT2D eigenvalue weighted by Crippen LogP contribution is -2.38. The Balaban J connectivity index is 1.65. The molecule has 2 atom stereocenters. The van der Waals surface area contributed by atoms with Crippen molar-refractivity contribution in [2.24, 2.45) is 5.73 Å². The minimum absolute atomic E-state index is 0.108. The molecule has 0 radical (unpaired) electrons. The Kier molecular flexibility index (Phi) is 5.23. The fourth-order valence-electron chi connectivity index (χ4n) is 3.78. The van der Waals surface area contributed by atoms with Gasteiger partial charge in [0.15, 0.2) is 5.37 Å². The average molecular weight is 436 g/mol. The Morgan fingerprint density at radius 3 is 2.69 bits per heavy atom. The number of amides is 2. The molecule has 2 aromatic carbocycles. The lowest BCUT2D eigenvalue weighted by molar-refractivity contribution is -0.120. The number of hydrogen-bond donors (Lipinski definition) is 2. The van der Waals surface area contributed by atoms with Crippen LogP contribution in [-0.4, -0.2) is 22.1 Å². The van der Waals surface area contributed by atoms with Crippen molar-refractivity contribution in [2.75, 3.05) is 5.32 Å². The van der Waals surface area contributed by atoms with Crippen molar-refractivity contribution < 1.29 is 18.4 Å². The molecule has 0 spiro atoms. The van der Waals surface area contributed by atoms with Gasteiger partial charge in [0.1, 0.15) is 11.6 Å². The molecule has 2 amide bonds. The summed E-state index contributed by atoms with van der Waals surface area (Å²) in [5, 5.41) is 3.70. The van der Waals surface area contributed by atoms with Gasteiger partial charge in [-0.2, -0.15) is 0 Å². The number of hydrogen-bond acceptors (Lipinski definition) is 4. The first-order chi connectivity index (χ1) is 13.9. The standard InChI is InChI=1S/C20H16ClF2N3O2S/c21-13-9-10(1-4-14(13)22)25-19(28)12-2-5-15(23)17-11(12)3-6-16(17)26-7-8-29-20(26)18(24)27/h1-2,4-5,7-9,16,20H,3,6H2,(H2,24,27)(H,25,28)/t16?,20-/m0/s1. The van der Waals surface area contributed by atoms with Crippen LogP contribution in [0.5, 0.6) is 0 Å². The van der Waals surface area contributed by atoms with Crippen LogP contribution in [0.15, 0.2) is 41.9 Å². The van der Waals surface area contributed by atoms with E-state index in [9.17, 15) is 18.4 Å². The number of carbonyl (C=O) groups is 2. The van der Waals surface area contributed by atoms with E-state index in [1.165, 1.54) is 36.0 Å². The maximum Gasteiger partial charge on any atom is 0.255 e. The maximum absolute atomic E-state index is 14.7. The number of nitrogens with one attached hydrogen (secondary N) is 1. The number of carbonyl (C=O) groups excluding carboxylic acids is 2. The monoisotopic (exact) mass is 435 g/mol. The van der Waals surface area contributed by atoms with Crippen molar-refractivity contribution >= 4 is 40.9 Å². The van der Waals surface area contributed by atoms with E-state index in [1.807, 2.05) is 0 Å². The molecule has 3 N–H and O–H groups in total. The highest BCUT2D eigenvalue weighted by Gasteiger charge is 2.38. The number of rotatable bonds is 4. The molecule has 0 saturated heterocycles. The molecular weight excluding hydrogens is 420 g/mol. The van der Waals surface area contributed by atoms with Crippen molar-refractivity contribution in [2.45, 2.75) is 24.3 Å². The SMILES string of the molecule is NC(=O)[C@@H]1SC=CN1C1CCc2c(C(=O)Nc3ccc(F)c(Cl)c3)ccc(F)c21. The number of nitrogens with two attached hydrogens (primary N) is 1. The van der Waals surface area contributed by atoms with Crippen LogP contribution in [0.2, 0.25) is 5.02 Å². The summed E-state index contributed by atoms with van der Waals surface area (Å²) < 4.78 is 28.1. The lowest BCUT2D eigenvalue weighted by Gasteiger charge is -2.29. The zero-order chi connectivity index (χ0) is 20.7. The van der Waals surface area contributed by atoms with Crippen LogP contribution in [0.1, 0.15) is 33.9 Å². The van der Waals surface area contributed by atoms with Gasteiger partial charge in [0, 0.05) is 23.0 Å².